The number of carbonyl (C=O) groups is 1. The van der Waals surface area contributed by atoms with Crippen molar-refractivity contribution in [2.75, 3.05) is 19.6 Å². The summed E-state index contributed by atoms with van der Waals surface area (Å²) in [5.41, 5.74) is 1.85. The van der Waals surface area contributed by atoms with Crippen LogP contribution in [-0.4, -0.2) is 63.5 Å². The Bertz CT molecular complexity index is 1030. The first-order valence-corrected chi connectivity index (χ1v) is 10.9. The predicted octanol–water partition coefficient (Wildman–Crippen LogP) is 3.50. The standard InChI is InChI=1S/C23H31N5O3/c1-14(2)28-22-19(11-25-28)18(9-20(26-22)21-7-6-8-30-21)23(29)24-10-15(3)27-12-16(4)31-17(5)13-27/h6-9,11,14-17H,10,12-13H2,1-5H3,(H,24,29). The Morgan fingerprint density at radius 1 is 1.26 bits per heavy atom. The molecule has 0 aromatic carbocycles. The highest BCUT2D eigenvalue weighted by Gasteiger charge is 2.26. The van der Waals surface area contributed by atoms with Crippen LogP contribution in [-0.2, 0) is 4.74 Å². The second kappa shape index (κ2) is 8.80. The molecule has 1 aliphatic heterocycles. The molecule has 4 heterocycles. The van der Waals surface area contributed by atoms with E-state index in [9.17, 15) is 4.79 Å². The Balaban J connectivity index is 1.58. The Labute approximate surface area is 182 Å². The van der Waals surface area contributed by atoms with Gasteiger partial charge in [0.25, 0.3) is 5.91 Å². The molecule has 1 aliphatic rings. The first-order chi connectivity index (χ1) is 14.8. The van der Waals surface area contributed by atoms with Gasteiger partial charge in [-0.15, -0.1) is 0 Å². The number of furan rings is 1. The molecule has 0 spiro atoms. The monoisotopic (exact) mass is 425 g/mol. The molecule has 31 heavy (non-hydrogen) atoms. The van der Waals surface area contributed by atoms with Crippen LogP contribution in [0.3, 0.4) is 0 Å². The van der Waals surface area contributed by atoms with Crippen molar-refractivity contribution in [3.05, 3.63) is 36.2 Å². The normalized spacial score (nSPS) is 21.0. The molecule has 0 saturated carbocycles. The van der Waals surface area contributed by atoms with Crippen molar-refractivity contribution in [1.29, 1.82) is 0 Å². The summed E-state index contributed by atoms with van der Waals surface area (Å²) in [5, 5.41) is 8.32. The van der Waals surface area contributed by atoms with Crippen molar-refractivity contribution < 1.29 is 13.9 Å². The highest BCUT2D eigenvalue weighted by molar-refractivity contribution is 6.06. The van der Waals surface area contributed by atoms with E-state index in [1.807, 2.05) is 30.7 Å². The second-order valence-electron chi connectivity index (χ2n) is 8.72. The SMILES string of the molecule is CC1CN(C(C)CNC(=O)c2cc(-c3ccco3)nc3c2cnn3C(C)C)CC(C)O1. The lowest BCUT2D eigenvalue weighted by atomic mass is 10.1. The van der Waals surface area contributed by atoms with E-state index in [-0.39, 0.29) is 30.2 Å². The highest BCUT2D eigenvalue weighted by atomic mass is 16.5. The van der Waals surface area contributed by atoms with Crippen LogP contribution in [0, 0.1) is 0 Å². The van der Waals surface area contributed by atoms with Gasteiger partial charge in [-0.3, -0.25) is 9.69 Å². The molecule has 0 aliphatic carbocycles. The fourth-order valence-corrected chi connectivity index (χ4v) is 4.18. The average Bonchev–Trinajstić information content (AvgIpc) is 3.40. The number of amides is 1. The molecule has 8 heteroatoms. The van der Waals surface area contributed by atoms with E-state index in [0.29, 0.717) is 29.2 Å². The second-order valence-corrected chi connectivity index (χ2v) is 8.72. The van der Waals surface area contributed by atoms with Crippen LogP contribution in [0.1, 0.15) is 51.0 Å². The summed E-state index contributed by atoms with van der Waals surface area (Å²) in [4.78, 5) is 20.3. The molecule has 1 N–H and O–H groups in total. The number of rotatable bonds is 6. The number of pyridine rings is 1. The molecule has 1 fully saturated rings. The van der Waals surface area contributed by atoms with Crippen molar-refractivity contribution in [1.82, 2.24) is 25.0 Å². The minimum absolute atomic E-state index is 0.123. The first-order valence-electron chi connectivity index (χ1n) is 10.9. The number of hydrogen-bond acceptors (Lipinski definition) is 6. The number of nitrogens with one attached hydrogen (secondary N) is 1. The summed E-state index contributed by atoms with van der Waals surface area (Å²) in [5.74, 6) is 0.488. The van der Waals surface area contributed by atoms with Gasteiger partial charge in [-0.25, -0.2) is 9.67 Å². The van der Waals surface area contributed by atoms with Crippen LogP contribution in [0.15, 0.2) is 35.1 Å². The fraction of sp³-hybridized carbons (Fsp3) is 0.522. The molecule has 3 aromatic rings. The molecule has 0 bridgehead atoms. The molecule has 3 aromatic heterocycles. The largest absolute Gasteiger partial charge is 0.463 e. The number of hydrogen-bond donors (Lipinski definition) is 1. The van der Waals surface area contributed by atoms with Crippen LogP contribution in [0.25, 0.3) is 22.5 Å². The fourth-order valence-electron chi connectivity index (χ4n) is 4.18. The number of carbonyl (C=O) groups excluding carboxylic acids is 1. The van der Waals surface area contributed by atoms with E-state index in [4.69, 9.17) is 14.1 Å². The molecule has 3 atom stereocenters. The zero-order valence-electron chi connectivity index (χ0n) is 18.8. The Morgan fingerprint density at radius 2 is 2.00 bits per heavy atom. The minimum Gasteiger partial charge on any atom is -0.463 e. The zero-order valence-corrected chi connectivity index (χ0v) is 18.8. The van der Waals surface area contributed by atoms with Crippen molar-refractivity contribution in [3.63, 3.8) is 0 Å². The van der Waals surface area contributed by atoms with Crippen LogP contribution >= 0.6 is 0 Å². The third-order valence-corrected chi connectivity index (χ3v) is 5.70. The number of morpholine rings is 1. The summed E-state index contributed by atoms with van der Waals surface area (Å²) in [6.07, 6.45) is 3.71. The summed E-state index contributed by atoms with van der Waals surface area (Å²) in [6, 6.07) is 5.77. The molecule has 166 valence electrons. The Hall–Kier alpha value is -2.71. The molecular weight excluding hydrogens is 394 g/mol. The molecule has 1 saturated heterocycles. The van der Waals surface area contributed by atoms with Gasteiger partial charge in [0.15, 0.2) is 11.4 Å². The molecule has 3 unspecified atom stereocenters. The number of nitrogens with zero attached hydrogens (tertiary/aromatic N) is 4. The van der Waals surface area contributed by atoms with Gasteiger partial charge in [0, 0.05) is 31.7 Å². The maximum Gasteiger partial charge on any atom is 0.252 e. The summed E-state index contributed by atoms with van der Waals surface area (Å²) in [7, 11) is 0. The lowest BCUT2D eigenvalue weighted by Crippen LogP contribution is -2.52. The maximum atomic E-state index is 13.2. The van der Waals surface area contributed by atoms with E-state index >= 15 is 0 Å². The van der Waals surface area contributed by atoms with Crippen molar-refractivity contribution >= 4 is 16.9 Å². The third-order valence-electron chi connectivity index (χ3n) is 5.70. The van der Waals surface area contributed by atoms with Gasteiger partial charge < -0.3 is 14.5 Å². The van der Waals surface area contributed by atoms with E-state index in [1.165, 1.54) is 0 Å². The van der Waals surface area contributed by atoms with Gasteiger partial charge in [-0.2, -0.15) is 5.10 Å². The van der Waals surface area contributed by atoms with E-state index < -0.39 is 0 Å². The van der Waals surface area contributed by atoms with E-state index in [2.05, 4.69) is 36.1 Å². The Kier molecular flexibility index (Phi) is 6.11. The van der Waals surface area contributed by atoms with Gasteiger partial charge in [-0.05, 0) is 52.8 Å². The van der Waals surface area contributed by atoms with Crippen molar-refractivity contribution in [2.24, 2.45) is 0 Å². The molecule has 0 radical (unpaired) electrons. The van der Waals surface area contributed by atoms with Crippen LogP contribution in [0.4, 0.5) is 0 Å². The van der Waals surface area contributed by atoms with Gasteiger partial charge >= 0.3 is 0 Å². The van der Waals surface area contributed by atoms with Crippen LogP contribution < -0.4 is 5.32 Å². The maximum absolute atomic E-state index is 13.2. The van der Waals surface area contributed by atoms with Gasteiger partial charge in [0.1, 0.15) is 5.69 Å². The quantitative estimate of drug-likeness (QED) is 0.651. The number of aromatic nitrogens is 3. The summed E-state index contributed by atoms with van der Waals surface area (Å²) >= 11 is 0. The number of ether oxygens (including phenoxy) is 1. The van der Waals surface area contributed by atoms with E-state index in [1.54, 1.807) is 18.5 Å². The molecular formula is C23H31N5O3. The highest BCUT2D eigenvalue weighted by Crippen LogP contribution is 2.26. The minimum atomic E-state index is -0.135. The third kappa shape index (κ3) is 4.50. The van der Waals surface area contributed by atoms with Crippen molar-refractivity contribution in [3.8, 4) is 11.5 Å². The Morgan fingerprint density at radius 3 is 2.65 bits per heavy atom. The molecule has 1 amide bonds. The predicted molar refractivity (Wildman–Crippen MR) is 119 cm³/mol. The topological polar surface area (TPSA) is 85.4 Å². The lowest BCUT2D eigenvalue weighted by molar-refractivity contribution is -0.0778. The van der Waals surface area contributed by atoms with Crippen LogP contribution in [0.2, 0.25) is 0 Å². The van der Waals surface area contributed by atoms with E-state index in [0.717, 1.165) is 18.5 Å². The van der Waals surface area contributed by atoms with Gasteiger partial charge in [0.05, 0.1) is 35.6 Å². The van der Waals surface area contributed by atoms with Gasteiger partial charge in [-0.1, -0.05) is 0 Å². The molecule has 4 rings (SSSR count). The van der Waals surface area contributed by atoms with Crippen LogP contribution in [0.5, 0.6) is 0 Å². The smallest absolute Gasteiger partial charge is 0.252 e. The lowest BCUT2D eigenvalue weighted by Gasteiger charge is -2.39. The average molecular weight is 426 g/mol. The summed E-state index contributed by atoms with van der Waals surface area (Å²) in [6.45, 7) is 12.7. The number of fused-ring (bicyclic) bond motifs is 1. The van der Waals surface area contributed by atoms with Gasteiger partial charge in [0.2, 0.25) is 0 Å². The zero-order chi connectivity index (χ0) is 22.1. The summed E-state index contributed by atoms with van der Waals surface area (Å²) < 4.78 is 13.2. The molecule has 8 nitrogen and oxygen atoms in total. The first kappa shape index (κ1) is 21.5. The van der Waals surface area contributed by atoms with Crippen molar-refractivity contribution in [2.45, 2.75) is 58.9 Å².